The van der Waals surface area contributed by atoms with Crippen molar-refractivity contribution in [1.29, 1.82) is 0 Å². The van der Waals surface area contributed by atoms with Crippen LogP contribution >= 0.6 is 11.3 Å². The van der Waals surface area contributed by atoms with Gasteiger partial charge in [-0.1, -0.05) is 47.3 Å². The smallest absolute Gasteiger partial charge is 0.384 e. The molecule has 2 heterocycles. The summed E-state index contributed by atoms with van der Waals surface area (Å²) >= 11 is -1.07. The molecule has 0 spiro atoms. The summed E-state index contributed by atoms with van der Waals surface area (Å²) in [6, 6.07) is 16.5. The maximum absolute atomic E-state index is 12.2. The van der Waals surface area contributed by atoms with E-state index in [1.165, 1.54) is 11.3 Å². The number of aromatic nitrogens is 3. The molecule has 0 saturated carbocycles. The standard InChI is InChI=1S/C20H17N5O4S2/c26-20(18-12-30-13-22-18)29-25-11-17(19(23-25)15-4-2-1-3-5-15)21-10-14-6-8-16(9-7-14)24-31(27)28/h1-9,11-13,21,24H,10H2,(H,27,28)/p-1. The van der Waals surface area contributed by atoms with Crippen LogP contribution in [0.2, 0.25) is 0 Å². The van der Waals surface area contributed by atoms with Gasteiger partial charge in [-0.05, 0) is 17.7 Å². The maximum atomic E-state index is 12.2. The van der Waals surface area contributed by atoms with E-state index in [4.69, 9.17) is 4.84 Å². The number of hydrogen-bond acceptors (Lipinski definition) is 8. The van der Waals surface area contributed by atoms with Crippen molar-refractivity contribution >= 4 is 39.9 Å². The lowest BCUT2D eigenvalue weighted by atomic mass is 10.1. The summed E-state index contributed by atoms with van der Waals surface area (Å²) < 4.78 is 23.7. The van der Waals surface area contributed by atoms with Gasteiger partial charge in [-0.25, -0.2) is 9.78 Å². The Morgan fingerprint density at radius 3 is 2.61 bits per heavy atom. The Labute approximate surface area is 184 Å². The molecule has 2 N–H and O–H groups in total. The van der Waals surface area contributed by atoms with Crippen LogP contribution in [0.15, 0.2) is 71.7 Å². The van der Waals surface area contributed by atoms with Crippen LogP contribution in [0.1, 0.15) is 16.1 Å². The second-order valence-corrected chi connectivity index (χ2v) is 7.69. The lowest BCUT2D eigenvalue weighted by molar-refractivity contribution is 0.0390. The van der Waals surface area contributed by atoms with Crippen molar-refractivity contribution in [3.05, 3.63) is 82.9 Å². The average Bonchev–Trinajstić information content (AvgIpc) is 3.44. The van der Waals surface area contributed by atoms with Crippen LogP contribution in [-0.2, 0) is 17.8 Å². The van der Waals surface area contributed by atoms with E-state index in [0.29, 0.717) is 23.6 Å². The molecule has 11 heteroatoms. The first-order chi connectivity index (χ1) is 15.1. The van der Waals surface area contributed by atoms with Gasteiger partial charge in [0, 0.05) is 34.4 Å². The fourth-order valence-corrected chi connectivity index (χ4v) is 3.62. The highest BCUT2D eigenvalue weighted by atomic mass is 32.2. The summed E-state index contributed by atoms with van der Waals surface area (Å²) in [7, 11) is 0. The van der Waals surface area contributed by atoms with Crippen LogP contribution in [0.25, 0.3) is 11.3 Å². The van der Waals surface area contributed by atoms with Crippen LogP contribution < -0.4 is 14.9 Å². The second kappa shape index (κ2) is 9.51. The van der Waals surface area contributed by atoms with E-state index in [-0.39, 0.29) is 5.69 Å². The SMILES string of the molecule is O=C(On1cc(NCc2ccc(NS(=O)[O-])cc2)c(-c2ccccc2)n1)c1cscn1. The normalized spacial score (nSPS) is 11.6. The van der Waals surface area contributed by atoms with Crippen LogP contribution in [0, 0.1) is 0 Å². The van der Waals surface area contributed by atoms with Crippen molar-refractivity contribution in [3.8, 4) is 11.3 Å². The zero-order valence-electron chi connectivity index (χ0n) is 15.9. The largest absolute Gasteiger partial charge is 0.755 e. The summed E-state index contributed by atoms with van der Waals surface area (Å²) in [6.45, 7) is 0.451. The predicted molar refractivity (Wildman–Crippen MR) is 117 cm³/mol. The zero-order chi connectivity index (χ0) is 21.6. The molecule has 4 rings (SSSR count). The summed E-state index contributed by atoms with van der Waals surface area (Å²) in [5.74, 6) is -0.603. The molecule has 0 aliphatic rings. The highest BCUT2D eigenvalue weighted by Gasteiger charge is 2.16. The predicted octanol–water partition coefficient (Wildman–Crippen LogP) is 3.09. The van der Waals surface area contributed by atoms with Gasteiger partial charge in [0.25, 0.3) is 0 Å². The molecule has 1 unspecified atom stereocenters. The summed E-state index contributed by atoms with van der Waals surface area (Å²) in [5, 5.41) is 9.29. The Morgan fingerprint density at radius 1 is 1.16 bits per heavy atom. The van der Waals surface area contributed by atoms with Crippen LogP contribution in [0.5, 0.6) is 0 Å². The van der Waals surface area contributed by atoms with E-state index in [2.05, 4.69) is 20.1 Å². The minimum atomic E-state index is -2.37. The van der Waals surface area contributed by atoms with Crippen molar-refractivity contribution in [2.45, 2.75) is 6.54 Å². The van der Waals surface area contributed by atoms with E-state index in [9.17, 15) is 13.6 Å². The molecule has 0 fully saturated rings. The number of nitrogens with zero attached hydrogens (tertiary/aromatic N) is 3. The van der Waals surface area contributed by atoms with Crippen molar-refractivity contribution in [2.24, 2.45) is 0 Å². The average molecular weight is 455 g/mol. The van der Waals surface area contributed by atoms with Crippen molar-refractivity contribution in [2.75, 3.05) is 10.0 Å². The minimum Gasteiger partial charge on any atom is -0.755 e. The van der Waals surface area contributed by atoms with E-state index in [1.54, 1.807) is 41.4 Å². The van der Waals surface area contributed by atoms with E-state index < -0.39 is 17.2 Å². The van der Waals surface area contributed by atoms with Gasteiger partial charge in [-0.15, -0.1) is 16.4 Å². The van der Waals surface area contributed by atoms with Gasteiger partial charge in [-0.3, -0.25) is 4.21 Å². The Balaban J connectivity index is 1.53. The maximum Gasteiger partial charge on any atom is 0.384 e. The van der Waals surface area contributed by atoms with Gasteiger partial charge in [-0.2, -0.15) is 0 Å². The molecular formula is C20H16N5O4S2-. The third-order valence-electron chi connectivity index (χ3n) is 4.20. The lowest BCUT2D eigenvalue weighted by Crippen LogP contribution is -2.20. The number of carbonyl (C=O) groups is 1. The molecule has 31 heavy (non-hydrogen) atoms. The molecule has 0 aliphatic carbocycles. The minimum absolute atomic E-state index is 0.212. The first kappa shape index (κ1) is 20.7. The van der Waals surface area contributed by atoms with E-state index in [1.807, 2.05) is 30.3 Å². The fraction of sp³-hybridized carbons (Fsp3) is 0.0500. The van der Waals surface area contributed by atoms with Crippen molar-refractivity contribution in [1.82, 2.24) is 14.9 Å². The van der Waals surface area contributed by atoms with Crippen LogP contribution in [0.4, 0.5) is 11.4 Å². The second-order valence-electron chi connectivity index (χ2n) is 6.30. The van der Waals surface area contributed by atoms with Crippen molar-refractivity contribution in [3.63, 3.8) is 0 Å². The van der Waals surface area contributed by atoms with Gasteiger partial charge in [0.05, 0.1) is 17.4 Å². The third-order valence-corrected chi connectivity index (χ3v) is 5.19. The van der Waals surface area contributed by atoms with Gasteiger partial charge < -0.3 is 19.4 Å². The van der Waals surface area contributed by atoms with E-state index >= 15 is 0 Å². The Morgan fingerprint density at radius 2 is 1.94 bits per heavy atom. The monoisotopic (exact) mass is 454 g/mol. The Hall–Kier alpha value is -3.54. The lowest BCUT2D eigenvalue weighted by Gasteiger charge is -2.10. The Kier molecular flexibility index (Phi) is 6.36. The molecule has 2 aromatic carbocycles. The van der Waals surface area contributed by atoms with Crippen LogP contribution in [0.3, 0.4) is 0 Å². The number of hydrogen-bond donors (Lipinski definition) is 2. The Bertz CT molecular complexity index is 1180. The summed E-state index contributed by atoms with van der Waals surface area (Å²) in [5.41, 5.74) is 5.30. The highest BCUT2D eigenvalue weighted by molar-refractivity contribution is 7.80. The number of thiazole rings is 1. The van der Waals surface area contributed by atoms with Crippen LogP contribution in [-0.4, -0.2) is 29.7 Å². The molecule has 9 nitrogen and oxygen atoms in total. The molecular weight excluding hydrogens is 438 g/mol. The summed E-state index contributed by atoms with van der Waals surface area (Å²) in [6.07, 6.45) is 1.59. The molecule has 4 aromatic rings. The molecule has 0 amide bonds. The first-order valence-electron chi connectivity index (χ1n) is 9.03. The topological polar surface area (TPSA) is 121 Å². The number of anilines is 2. The number of carbonyl (C=O) groups excluding carboxylic acids is 1. The number of benzene rings is 2. The van der Waals surface area contributed by atoms with Gasteiger partial charge >= 0.3 is 5.97 Å². The van der Waals surface area contributed by atoms with Gasteiger partial charge in [0.2, 0.25) is 0 Å². The highest BCUT2D eigenvalue weighted by Crippen LogP contribution is 2.26. The number of nitrogens with one attached hydrogen (secondary N) is 2. The van der Waals surface area contributed by atoms with E-state index in [0.717, 1.165) is 16.0 Å². The van der Waals surface area contributed by atoms with Gasteiger partial charge in [0.15, 0.2) is 5.69 Å². The first-order valence-corrected chi connectivity index (χ1v) is 11.0. The molecule has 1 atom stereocenters. The third kappa shape index (κ3) is 5.34. The molecule has 0 radical (unpaired) electrons. The molecule has 2 aromatic heterocycles. The summed E-state index contributed by atoms with van der Waals surface area (Å²) in [4.78, 5) is 22.6. The molecule has 0 aliphatic heterocycles. The molecule has 0 saturated heterocycles. The van der Waals surface area contributed by atoms with Gasteiger partial charge in [0.1, 0.15) is 5.69 Å². The molecule has 0 bridgehead atoms. The molecule has 158 valence electrons. The quantitative estimate of drug-likeness (QED) is 0.392. The number of rotatable bonds is 8. The fourth-order valence-electron chi connectivity index (χ4n) is 2.77. The van der Waals surface area contributed by atoms with Crippen molar-refractivity contribution < 1.29 is 18.4 Å². The zero-order valence-corrected chi connectivity index (χ0v) is 17.6.